The Bertz CT molecular complexity index is 369. The lowest BCUT2D eigenvalue weighted by molar-refractivity contribution is 0.0978. The second-order valence-corrected chi connectivity index (χ2v) is 4.25. The van der Waals surface area contributed by atoms with Gasteiger partial charge >= 0.3 is 9.24 Å². The number of carbonyl (C=O) groups excluding carboxylic acids is 1. The van der Waals surface area contributed by atoms with Gasteiger partial charge in [0, 0.05) is 16.9 Å². The summed E-state index contributed by atoms with van der Waals surface area (Å²) in [6.45, 7) is 0. The molecule has 0 radical (unpaired) electrons. The second kappa shape index (κ2) is 3.16. The van der Waals surface area contributed by atoms with Crippen LogP contribution in [0.4, 0.5) is 0 Å². The molecule has 1 heterocycles. The van der Waals surface area contributed by atoms with Crippen molar-refractivity contribution in [3.63, 3.8) is 0 Å². The minimum Gasteiger partial charge on any atom is -0.357 e. The molecule has 66 valence electrons. The first-order valence-electron chi connectivity index (χ1n) is 2.89. The lowest BCUT2D eigenvalue weighted by Gasteiger charge is -1.96. The Morgan fingerprint density at radius 2 is 2.25 bits per heavy atom. The molecular formula is C5H5ClN2O3S. The van der Waals surface area contributed by atoms with Crippen molar-refractivity contribution in [2.45, 2.75) is 0 Å². The van der Waals surface area contributed by atoms with Crippen molar-refractivity contribution in [2.75, 3.05) is 0 Å². The van der Waals surface area contributed by atoms with E-state index in [1.165, 1.54) is 12.3 Å². The molecule has 7 heteroatoms. The predicted molar refractivity (Wildman–Crippen MR) is 43.0 cm³/mol. The highest BCUT2D eigenvalue weighted by molar-refractivity contribution is 8.12. The molecule has 0 aliphatic heterocycles. The Balaban J connectivity index is 2.76. The molecule has 2 N–H and O–H groups in total. The standard InChI is InChI=1S/C5H5ClN2O3S/c6-12(10,11)8-5(9)4-2-1-3-7-4/h1-3,7H,(H,8,9). The first-order valence-corrected chi connectivity index (χ1v) is 5.20. The highest BCUT2D eigenvalue weighted by atomic mass is 35.7. The van der Waals surface area contributed by atoms with Gasteiger partial charge in [-0.15, -0.1) is 0 Å². The molecule has 1 aromatic rings. The Kier molecular flexibility index (Phi) is 2.39. The van der Waals surface area contributed by atoms with E-state index in [1.807, 2.05) is 0 Å². The molecule has 0 bridgehead atoms. The minimum absolute atomic E-state index is 0.138. The van der Waals surface area contributed by atoms with E-state index in [4.69, 9.17) is 10.7 Å². The van der Waals surface area contributed by atoms with Crippen LogP contribution in [0, 0.1) is 0 Å². The number of aromatic amines is 1. The monoisotopic (exact) mass is 208 g/mol. The molecule has 0 aliphatic carbocycles. The largest absolute Gasteiger partial charge is 0.357 e. The number of hydrogen-bond acceptors (Lipinski definition) is 3. The van der Waals surface area contributed by atoms with Gasteiger partial charge in [0.25, 0.3) is 5.91 Å². The van der Waals surface area contributed by atoms with E-state index in [2.05, 4.69) is 4.98 Å². The van der Waals surface area contributed by atoms with Crippen LogP contribution in [0.3, 0.4) is 0 Å². The van der Waals surface area contributed by atoms with Gasteiger partial charge < -0.3 is 4.98 Å². The maximum absolute atomic E-state index is 10.9. The summed E-state index contributed by atoms with van der Waals surface area (Å²) in [7, 11) is 0.775. The summed E-state index contributed by atoms with van der Waals surface area (Å²) in [5.74, 6) is -0.782. The van der Waals surface area contributed by atoms with Crippen molar-refractivity contribution in [3.8, 4) is 0 Å². The smallest absolute Gasteiger partial charge is 0.321 e. The average Bonchev–Trinajstić information content (AvgIpc) is 2.32. The van der Waals surface area contributed by atoms with E-state index in [9.17, 15) is 13.2 Å². The van der Waals surface area contributed by atoms with E-state index in [1.54, 1.807) is 10.8 Å². The molecule has 0 atom stereocenters. The van der Waals surface area contributed by atoms with E-state index in [0.29, 0.717) is 0 Å². The fourth-order valence-corrected chi connectivity index (χ4v) is 1.18. The van der Waals surface area contributed by atoms with Gasteiger partial charge in [-0.3, -0.25) is 4.79 Å². The number of hydrogen-bond donors (Lipinski definition) is 2. The van der Waals surface area contributed by atoms with Crippen LogP contribution in [0.2, 0.25) is 0 Å². The van der Waals surface area contributed by atoms with Crippen molar-refractivity contribution >= 4 is 25.8 Å². The van der Waals surface area contributed by atoms with Crippen LogP contribution in [-0.2, 0) is 9.24 Å². The lowest BCUT2D eigenvalue weighted by atomic mass is 10.4. The maximum Gasteiger partial charge on any atom is 0.321 e. The second-order valence-electron chi connectivity index (χ2n) is 1.95. The molecule has 0 aliphatic rings. The molecule has 0 spiro atoms. The first-order chi connectivity index (χ1) is 5.49. The zero-order valence-electron chi connectivity index (χ0n) is 5.74. The zero-order valence-corrected chi connectivity index (χ0v) is 7.32. The number of aromatic nitrogens is 1. The molecule has 12 heavy (non-hydrogen) atoms. The van der Waals surface area contributed by atoms with Crippen molar-refractivity contribution in [3.05, 3.63) is 24.0 Å². The molecule has 1 aromatic heterocycles. The summed E-state index contributed by atoms with van der Waals surface area (Å²) < 4.78 is 22.3. The number of halogens is 1. The van der Waals surface area contributed by atoms with Crippen LogP contribution in [0.25, 0.3) is 0 Å². The van der Waals surface area contributed by atoms with Crippen molar-refractivity contribution in [1.29, 1.82) is 0 Å². The van der Waals surface area contributed by atoms with Gasteiger partial charge in [0.05, 0.1) is 0 Å². The van der Waals surface area contributed by atoms with E-state index < -0.39 is 15.1 Å². The molecule has 0 saturated heterocycles. The number of rotatable bonds is 2. The SMILES string of the molecule is O=C(NS(=O)(=O)Cl)c1ccc[nH]1. The van der Waals surface area contributed by atoms with Gasteiger partial charge in [0.1, 0.15) is 5.69 Å². The molecule has 0 saturated carbocycles. The van der Waals surface area contributed by atoms with Crippen molar-refractivity contribution in [1.82, 2.24) is 9.71 Å². The van der Waals surface area contributed by atoms with E-state index in [0.717, 1.165) is 0 Å². The van der Waals surface area contributed by atoms with Crippen LogP contribution in [-0.4, -0.2) is 19.3 Å². The quantitative estimate of drug-likeness (QED) is 0.683. The highest BCUT2D eigenvalue weighted by Gasteiger charge is 2.12. The number of nitrogens with one attached hydrogen (secondary N) is 2. The number of H-pyrrole nitrogens is 1. The molecule has 5 nitrogen and oxygen atoms in total. The molecule has 1 amide bonds. The van der Waals surface area contributed by atoms with Gasteiger partial charge in [0.2, 0.25) is 0 Å². The first kappa shape index (κ1) is 9.08. The van der Waals surface area contributed by atoms with Gasteiger partial charge in [-0.2, -0.15) is 8.42 Å². The average molecular weight is 209 g/mol. The zero-order chi connectivity index (χ0) is 9.19. The molecule has 0 unspecified atom stereocenters. The third kappa shape index (κ3) is 2.55. The summed E-state index contributed by atoms with van der Waals surface area (Å²) in [5, 5.41) is 0. The predicted octanol–water partition coefficient (Wildman–Crippen LogP) is 0.228. The Morgan fingerprint density at radius 1 is 1.58 bits per heavy atom. The topological polar surface area (TPSA) is 79.0 Å². The fraction of sp³-hybridized carbons (Fsp3) is 0. The van der Waals surface area contributed by atoms with Gasteiger partial charge in [0.15, 0.2) is 0 Å². The van der Waals surface area contributed by atoms with Crippen molar-refractivity contribution in [2.24, 2.45) is 0 Å². The molecule has 1 rings (SSSR count). The van der Waals surface area contributed by atoms with Gasteiger partial charge in [-0.1, -0.05) is 0 Å². The third-order valence-electron chi connectivity index (χ3n) is 1.06. The maximum atomic E-state index is 10.9. The van der Waals surface area contributed by atoms with Crippen molar-refractivity contribution < 1.29 is 13.2 Å². The third-order valence-corrected chi connectivity index (χ3v) is 1.72. The van der Waals surface area contributed by atoms with Gasteiger partial charge in [-0.05, 0) is 12.1 Å². The summed E-state index contributed by atoms with van der Waals surface area (Å²) in [6.07, 6.45) is 1.50. The molecule has 0 aromatic carbocycles. The van der Waals surface area contributed by atoms with Crippen LogP contribution in [0.5, 0.6) is 0 Å². The Morgan fingerprint density at radius 3 is 2.67 bits per heavy atom. The Hall–Kier alpha value is -1.01. The normalized spacial score (nSPS) is 11.1. The van der Waals surface area contributed by atoms with Crippen LogP contribution in [0.15, 0.2) is 18.3 Å². The van der Waals surface area contributed by atoms with E-state index in [-0.39, 0.29) is 5.69 Å². The Labute approximate surface area is 73.3 Å². The van der Waals surface area contributed by atoms with Crippen LogP contribution >= 0.6 is 10.7 Å². The van der Waals surface area contributed by atoms with E-state index >= 15 is 0 Å². The summed E-state index contributed by atoms with van der Waals surface area (Å²) in [4.78, 5) is 13.4. The summed E-state index contributed by atoms with van der Waals surface area (Å²) in [5.41, 5.74) is 0.138. The van der Waals surface area contributed by atoms with Crippen LogP contribution < -0.4 is 4.72 Å². The summed E-state index contributed by atoms with van der Waals surface area (Å²) >= 11 is 0. The number of amides is 1. The molecule has 0 fully saturated rings. The highest BCUT2D eigenvalue weighted by Crippen LogP contribution is 1.97. The number of carbonyl (C=O) groups is 1. The molecular weight excluding hydrogens is 204 g/mol. The minimum atomic E-state index is -4.00. The van der Waals surface area contributed by atoms with Gasteiger partial charge in [-0.25, -0.2) is 4.72 Å². The summed E-state index contributed by atoms with van der Waals surface area (Å²) in [6, 6.07) is 2.99. The lowest BCUT2D eigenvalue weighted by Crippen LogP contribution is -2.26. The fourth-order valence-electron chi connectivity index (χ4n) is 0.637. The van der Waals surface area contributed by atoms with Crippen LogP contribution in [0.1, 0.15) is 10.5 Å².